The van der Waals surface area contributed by atoms with Crippen molar-refractivity contribution in [3.05, 3.63) is 46.2 Å². The topological polar surface area (TPSA) is 38.8 Å². The van der Waals surface area contributed by atoms with Crippen LogP contribution in [0, 0.1) is 0 Å². The molecule has 0 bridgehead atoms. The predicted molar refractivity (Wildman–Crippen MR) is 111 cm³/mol. The van der Waals surface area contributed by atoms with Crippen molar-refractivity contribution in [1.29, 1.82) is 0 Å². The van der Waals surface area contributed by atoms with Gasteiger partial charge in [0.25, 0.3) is 5.91 Å². The van der Waals surface area contributed by atoms with Gasteiger partial charge in [0.15, 0.2) is 18.1 Å². The molecule has 0 radical (unpaired) electrons. The molecule has 1 aromatic heterocycles. The van der Waals surface area contributed by atoms with Gasteiger partial charge in [-0.25, -0.2) is 0 Å². The number of carbonyl (C=O) groups excluding carboxylic acids is 1. The molecule has 1 fully saturated rings. The summed E-state index contributed by atoms with van der Waals surface area (Å²) in [7, 11) is 0. The van der Waals surface area contributed by atoms with Crippen LogP contribution in [0.25, 0.3) is 0 Å². The third-order valence-electron chi connectivity index (χ3n) is 4.96. The quantitative estimate of drug-likeness (QED) is 0.751. The van der Waals surface area contributed by atoms with Crippen LogP contribution in [0.3, 0.4) is 0 Å². The molecule has 144 valence electrons. The summed E-state index contributed by atoms with van der Waals surface area (Å²) in [6.07, 6.45) is 1.86. The first kappa shape index (κ1) is 18.7. The van der Waals surface area contributed by atoms with Crippen LogP contribution in [0.4, 0.5) is 0 Å². The van der Waals surface area contributed by atoms with Crippen LogP contribution in [0.5, 0.6) is 11.5 Å². The lowest BCUT2D eigenvalue weighted by Gasteiger charge is -2.21. The molecule has 27 heavy (non-hydrogen) atoms. The smallest absolute Gasteiger partial charge is 0.260 e. The number of hydrogen-bond acceptors (Lipinski definition) is 5. The summed E-state index contributed by atoms with van der Waals surface area (Å²) in [4.78, 5) is 16.0. The predicted octanol–water partition coefficient (Wildman–Crippen LogP) is 4.55. The summed E-state index contributed by atoms with van der Waals surface area (Å²) in [6, 6.07) is 10.2. The van der Waals surface area contributed by atoms with Crippen LogP contribution in [0.15, 0.2) is 35.7 Å². The lowest BCUT2D eigenvalue weighted by Crippen LogP contribution is -2.36. The molecule has 1 saturated heterocycles. The molecule has 4 rings (SSSR count). The van der Waals surface area contributed by atoms with Crippen molar-refractivity contribution in [2.24, 2.45) is 0 Å². The number of thioether (sulfide) groups is 1. The molecule has 2 aliphatic heterocycles. The molecule has 2 aromatic rings. The van der Waals surface area contributed by atoms with E-state index >= 15 is 0 Å². The molecule has 0 spiro atoms. The van der Waals surface area contributed by atoms with Crippen LogP contribution in [0.1, 0.15) is 36.0 Å². The Balaban J connectivity index is 1.35. The van der Waals surface area contributed by atoms with Crippen LogP contribution in [0.2, 0.25) is 0 Å². The Bertz CT molecular complexity index is 804. The molecule has 1 unspecified atom stereocenters. The van der Waals surface area contributed by atoms with E-state index in [0.717, 1.165) is 43.0 Å². The van der Waals surface area contributed by atoms with Gasteiger partial charge in [-0.05, 0) is 37.8 Å². The lowest BCUT2D eigenvalue weighted by molar-refractivity contribution is -0.133. The maximum Gasteiger partial charge on any atom is 0.260 e. The highest BCUT2D eigenvalue weighted by Crippen LogP contribution is 2.42. The largest absolute Gasteiger partial charge is 0.483 e. The summed E-state index contributed by atoms with van der Waals surface area (Å²) in [5, 5.41) is 2.62. The maximum atomic E-state index is 12.7. The van der Waals surface area contributed by atoms with Gasteiger partial charge in [-0.3, -0.25) is 4.79 Å². The number of benzene rings is 1. The molecule has 6 heteroatoms. The van der Waals surface area contributed by atoms with Crippen molar-refractivity contribution in [1.82, 2.24) is 4.90 Å². The molecule has 1 atom stereocenters. The first-order valence-electron chi connectivity index (χ1n) is 9.38. The first-order chi connectivity index (χ1) is 13.0. The second-order valence-corrected chi connectivity index (χ2v) is 9.91. The van der Waals surface area contributed by atoms with Gasteiger partial charge in [-0.2, -0.15) is 11.8 Å². The second kappa shape index (κ2) is 7.76. The molecule has 3 heterocycles. The van der Waals surface area contributed by atoms with Gasteiger partial charge in [0.05, 0.1) is 0 Å². The zero-order valence-electron chi connectivity index (χ0n) is 15.8. The van der Waals surface area contributed by atoms with Crippen molar-refractivity contribution in [2.45, 2.75) is 37.5 Å². The number of rotatable bonds is 4. The Labute approximate surface area is 168 Å². The Morgan fingerprint density at radius 2 is 2.19 bits per heavy atom. The Morgan fingerprint density at radius 3 is 3.00 bits per heavy atom. The summed E-state index contributed by atoms with van der Waals surface area (Å²) in [6.45, 7) is 5.77. The number of para-hydroxylation sites is 1. The normalized spacial score (nSPS) is 21.3. The van der Waals surface area contributed by atoms with E-state index in [-0.39, 0.29) is 18.1 Å². The molecule has 1 aromatic carbocycles. The number of carbonyl (C=O) groups is 1. The van der Waals surface area contributed by atoms with Crippen molar-refractivity contribution >= 4 is 29.0 Å². The minimum absolute atomic E-state index is 0.0530. The van der Waals surface area contributed by atoms with Crippen molar-refractivity contribution < 1.29 is 14.3 Å². The van der Waals surface area contributed by atoms with Crippen molar-refractivity contribution in [3.8, 4) is 11.5 Å². The number of hydrogen-bond donors (Lipinski definition) is 0. The summed E-state index contributed by atoms with van der Waals surface area (Å²) in [5.74, 6) is 2.48. The third-order valence-corrected chi connectivity index (χ3v) is 7.41. The Morgan fingerprint density at radius 1 is 1.30 bits per heavy atom. The third kappa shape index (κ3) is 4.27. The maximum absolute atomic E-state index is 12.7. The molecule has 0 saturated carbocycles. The monoisotopic (exact) mass is 403 g/mol. The number of amides is 1. The van der Waals surface area contributed by atoms with Crippen molar-refractivity contribution in [2.75, 3.05) is 25.4 Å². The fraction of sp³-hybridized carbons (Fsp3) is 0.476. The molecule has 1 amide bonds. The van der Waals surface area contributed by atoms with E-state index in [1.165, 1.54) is 4.88 Å². The van der Waals surface area contributed by atoms with E-state index in [1.54, 1.807) is 11.3 Å². The molecule has 0 N–H and O–H groups in total. The highest BCUT2D eigenvalue weighted by molar-refractivity contribution is 7.99. The average Bonchev–Trinajstić information content (AvgIpc) is 3.19. The molecular weight excluding hydrogens is 378 g/mol. The van der Waals surface area contributed by atoms with Gasteiger partial charge in [-0.15, -0.1) is 11.3 Å². The van der Waals surface area contributed by atoms with E-state index < -0.39 is 0 Å². The van der Waals surface area contributed by atoms with E-state index in [2.05, 4.69) is 37.4 Å². The standard InChI is InChI=1S/C21H25NO3S2/c1-21(2)13-15-5-3-6-16(20(15)25-21)24-14-19(23)22-9-8-18(27-12-10-22)17-7-4-11-26-17/h3-7,11,18H,8-10,12-14H2,1-2H3. The van der Waals surface area contributed by atoms with E-state index in [0.29, 0.717) is 11.0 Å². The summed E-state index contributed by atoms with van der Waals surface area (Å²) < 4.78 is 11.9. The fourth-order valence-corrected chi connectivity index (χ4v) is 5.89. The summed E-state index contributed by atoms with van der Waals surface area (Å²) in [5.41, 5.74) is 0.930. The zero-order chi connectivity index (χ0) is 18.9. The molecule has 0 aliphatic carbocycles. The van der Waals surface area contributed by atoms with Crippen LogP contribution in [-0.4, -0.2) is 41.9 Å². The SMILES string of the molecule is CC1(C)Cc2cccc(OCC(=O)N3CCSC(c4cccs4)CC3)c2O1. The lowest BCUT2D eigenvalue weighted by atomic mass is 10.0. The first-order valence-corrected chi connectivity index (χ1v) is 11.3. The zero-order valence-corrected chi connectivity index (χ0v) is 17.4. The van der Waals surface area contributed by atoms with Gasteiger partial charge in [0.1, 0.15) is 5.60 Å². The van der Waals surface area contributed by atoms with Crippen LogP contribution in [-0.2, 0) is 11.2 Å². The summed E-state index contributed by atoms with van der Waals surface area (Å²) >= 11 is 3.75. The highest BCUT2D eigenvalue weighted by atomic mass is 32.2. The minimum atomic E-state index is -0.218. The number of ether oxygens (including phenoxy) is 2. The minimum Gasteiger partial charge on any atom is -0.483 e. The van der Waals surface area contributed by atoms with Gasteiger partial charge >= 0.3 is 0 Å². The van der Waals surface area contributed by atoms with Gasteiger partial charge < -0.3 is 14.4 Å². The van der Waals surface area contributed by atoms with Gasteiger partial charge in [0, 0.05) is 41.0 Å². The molecule has 2 aliphatic rings. The molecule has 4 nitrogen and oxygen atoms in total. The second-order valence-electron chi connectivity index (χ2n) is 7.62. The van der Waals surface area contributed by atoms with Gasteiger partial charge in [0.2, 0.25) is 0 Å². The van der Waals surface area contributed by atoms with Crippen LogP contribution >= 0.6 is 23.1 Å². The average molecular weight is 404 g/mol. The van der Waals surface area contributed by atoms with E-state index in [4.69, 9.17) is 9.47 Å². The Hall–Kier alpha value is -1.66. The molecular formula is C21H25NO3S2. The number of thiophene rings is 1. The number of nitrogens with zero attached hydrogens (tertiary/aromatic N) is 1. The number of fused-ring (bicyclic) bond motifs is 1. The highest BCUT2D eigenvalue weighted by Gasteiger charge is 2.32. The van der Waals surface area contributed by atoms with Crippen molar-refractivity contribution in [3.63, 3.8) is 0 Å². The van der Waals surface area contributed by atoms with Crippen LogP contribution < -0.4 is 9.47 Å². The fourth-order valence-electron chi connectivity index (χ4n) is 3.65. The Kier molecular flexibility index (Phi) is 5.37. The van der Waals surface area contributed by atoms with Gasteiger partial charge in [-0.1, -0.05) is 18.2 Å². The van der Waals surface area contributed by atoms with E-state index in [9.17, 15) is 4.79 Å². The van der Waals surface area contributed by atoms with E-state index in [1.807, 2.05) is 28.8 Å².